The van der Waals surface area contributed by atoms with Gasteiger partial charge in [0.25, 0.3) is 5.56 Å². The van der Waals surface area contributed by atoms with Gasteiger partial charge in [-0.15, -0.1) is 0 Å². The van der Waals surface area contributed by atoms with Crippen molar-refractivity contribution in [2.45, 2.75) is 71.6 Å². The molecule has 0 bridgehead atoms. The Morgan fingerprint density at radius 3 is 2.19 bits per heavy atom. The van der Waals surface area contributed by atoms with Gasteiger partial charge in [0.05, 0.1) is 0 Å². The summed E-state index contributed by atoms with van der Waals surface area (Å²) in [5.74, 6) is -0.131. The van der Waals surface area contributed by atoms with Crippen LogP contribution in [-0.2, 0) is 20.7 Å². The molecule has 0 fully saturated rings. The Morgan fingerprint density at radius 1 is 1.03 bits per heavy atom. The predicted octanol–water partition coefficient (Wildman–Crippen LogP) is 3.60. The number of H-pyrrole nitrogens is 1. The fraction of sp³-hybridized carbons (Fsp3) is 0.478. The molecule has 2 N–H and O–H groups in total. The lowest BCUT2D eigenvalue weighted by Gasteiger charge is -2.26. The van der Waals surface area contributed by atoms with Crippen LogP contribution >= 0.6 is 0 Å². The van der Waals surface area contributed by atoms with Gasteiger partial charge in [0.1, 0.15) is 23.1 Å². The summed E-state index contributed by atoms with van der Waals surface area (Å²) in [7, 11) is 0. The third-order valence-electron chi connectivity index (χ3n) is 4.00. The molecule has 168 valence electrons. The zero-order valence-corrected chi connectivity index (χ0v) is 18.9. The highest BCUT2D eigenvalue weighted by atomic mass is 16.6. The van der Waals surface area contributed by atoms with E-state index >= 15 is 0 Å². The van der Waals surface area contributed by atoms with Gasteiger partial charge in [0, 0.05) is 17.3 Å². The molecule has 1 aromatic carbocycles. The maximum Gasteiger partial charge on any atom is 0.408 e. The molecule has 31 heavy (non-hydrogen) atoms. The zero-order valence-electron chi connectivity index (χ0n) is 18.9. The largest absolute Gasteiger partial charge is 0.458 e. The van der Waals surface area contributed by atoms with E-state index in [1.54, 1.807) is 41.5 Å². The Kier molecular flexibility index (Phi) is 7.60. The highest BCUT2D eigenvalue weighted by Crippen LogP contribution is 2.14. The van der Waals surface area contributed by atoms with Crippen LogP contribution in [0.1, 0.15) is 53.5 Å². The van der Waals surface area contributed by atoms with E-state index in [0.29, 0.717) is 11.4 Å². The molecule has 0 aliphatic heterocycles. The van der Waals surface area contributed by atoms with Gasteiger partial charge < -0.3 is 19.8 Å². The average Bonchev–Trinajstić information content (AvgIpc) is 2.63. The zero-order chi connectivity index (χ0) is 23.2. The number of carbonyl (C=O) groups is 2. The van der Waals surface area contributed by atoms with Crippen LogP contribution in [0, 0.1) is 0 Å². The standard InChI is InChI=1S/C23H31N3O5/c1-22(2,3)30-20(28)17(25-21(29)31-23(4,5)6)13-12-16-14-24-18(26-19(16)27)15-10-8-7-9-11-15/h7-11,14,17H,12-13H2,1-6H3,(H,25,29)(H,24,26,27). The predicted molar refractivity (Wildman–Crippen MR) is 118 cm³/mol. The molecule has 1 atom stereocenters. The van der Waals surface area contributed by atoms with Crippen LogP contribution in [-0.4, -0.2) is 39.3 Å². The number of ether oxygens (including phenoxy) is 2. The molecule has 1 amide bonds. The highest BCUT2D eigenvalue weighted by molar-refractivity contribution is 5.81. The molecule has 1 unspecified atom stereocenters. The smallest absolute Gasteiger partial charge is 0.408 e. The van der Waals surface area contributed by atoms with E-state index in [9.17, 15) is 14.4 Å². The number of aromatic nitrogens is 2. The summed E-state index contributed by atoms with van der Waals surface area (Å²) in [6.45, 7) is 10.4. The molecule has 2 rings (SSSR count). The Balaban J connectivity index is 2.14. The minimum atomic E-state index is -0.970. The molecule has 1 aromatic heterocycles. The normalized spacial score (nSPS) is 12.7. The molecular weight excluding hydrogens is 398 g/mol. The number of nitrogens with zero attached hydrogens (tertiary/aromatic N) is 1. The van der Waals surface area contributed by atoms with Crippen molar-refractivity contribution in [1.82, 2.24) is 15.3 Å². The lowest BCUT2D eigenvalue weighted by molar-refractivity contribution is -0.157. The highest BCUT2D eigenvalue weighted by Gasteiger charge is 2.28. The molecule has 0 saturated carbocycles. The van der Waals surface area contributed by atoms with E-state index in [4.69, 9.17) is 9.47 Å². The quantitative estimate of drug-likeness (QED) is 0.679. The maximum absolute atomic E-state index is 12.6. The molecule has 8 heteroatoms. The number of alkyl carbamates (subject to hydrolysis) is 1. The Morgan fingerprint density at radius 2 is 1.65 bits per heavy atom. The van der Waals surface area contributed by atoms with E-state index in [2.05, 4.69) is 15.3 Å². The van der Waals surface area contributed by atoms with E-state index in [-0.39, 0.29) is 18.4 Å². The number of carbonyl (C=O) groups excluding carboxylic acids is 2. The van der Waals surface area contributed by atoms with Gasteiger partial charge in [-0.05, 0) is 54.4 Å². The van der Waals surface area contributed by atoms with Gasteiger partial charge in [-0.2, -0.15) is 0 Å². The lowest BCUT2D eigenvalue weighted by Crippen LogP contribution is -2.46. The van der Waals surface area contributed by atoms with Crippen LogP contribution < -0.4 is 10.9 Å². The minimum absolute atomic E-state index is 0.156. The summed E-state index contributed by atoms with van der Waals surface area (Å²) in [6.07, 6.45) is 1.14. The van der Waals surface area contributed by atoms with Crippen molar-refractivity contribution in [2.24, 2.45) is 0 Å². The number of aromatic amines is 1. The fourth-order valence-electron chi connectivity index (χ4n) is 2.71. The lowest BCUT2D eigenvalue weighted by atomic mass is 10.1. The Hall–Kier alpha value is -3.16. The van der Waals surface area contributed by atoms with Gasteiger partial charge in [0.15, 0.2) is 0 Å². The number of esters is 1. The van der Waals surface area contributed by atoms with Crippen LogP contribution in [0.25, 0.3) is 11.4 Å². The second-order valence-electron chi connectivity index (χ2n) is 9.22. The van der Waals surface area contributed by atoms with Gasteiger partial charge in [-0.3, -0.25) is 4.79 Å². The molecule has 1 heterocycles. The van der Waals surface area contributed by atoms with Crippen molar-refractivity contribution >= 4 is 12.1 Å². The van der Waals surface area contributed by atoms with Gasteiger partial charge in [-0.1, -0.05) is 30.3 Å². The third kappa shape index (κ3) is 8.24. The van der Waals surface area contributed by atoms with Gasteiger partial charge >= 0.3 is 12.1 Å². The third-order valence-corrected chi connectivity index (χ3v) is 4.00. The van der Waals surface area contributed by atoms with Crippen molar-refractivity contribution in [3.63, 3.8) is 0 Å². The molecule has 8 nitrogen and oxygen atoms in total. The average molecular weight is 430 g/mol. The minimum Gasteiger partial charge on any atom is -0.458 e. The first kappa shape index (κ1) is 24.1. The van der Waals surface area contributed by atoms with Crippen molar-refractivity contribution in [2.75, 3.05) is 0 Å². The molecular formula is C23H31N3O5. The first-order chi connectivity index (χ1) is 14.3. The monoisotopic (exact) mass is 429 g/mol. The molecule has 0 aliphatic rings. The Labute approximate surface area is 182 Å². The summed E-state index contributed by atoms with van der Waals surface area (Å²) in [5, 5.41) is 2.55. The van der Waals surface area contributed by atoms with E-state index < -0.39 is 29.3 Å². The maximum atomic E-state index is 12.6. The first-order valence-electron chi connectivity index (χ1n) is 10.2. The van der Waals surface area contributed by atoms with Gasteiger partial charge in [0.2, 0.25) is 0 Å². The van der Waals surface area contributed by atoms with Crippen LogP contribution in [0.4, 0.5) is 4.79 Å². The summed E-state index contributed by atoms with van der Waals surface area (Å²) in [6, 6.07) is 8.32. The van der Waals surface area contributed by atoms with Crippen molar-refractivity contribution in [1.29, 1.82) is 0 Å². The number of amides is 1. The van der Waals surface area contributed by atoms with E-state index in [0.717, 1.165) is 5.56 Å². The molecule has 0 radical (unpaired) electrons. The molecule has 0 aliphatic carbocycles. The van der Waals surface area contributed by atoms with Crippen molar-refractivity contribution in [3.05, 3.63) is 52.4 Å². The molecule has 2 aromatic rings. The van der Waals surface area contributed by atoms with Crippen LogP contribution in [0.3, 0.4) is 0 Å². The number of benzene rings is 1. The van der Waals surface area contributed by atoms with Crippen LogP contribution in [0.5, 0.6) is 0 Å². The first-order valence-corrected chi connectivity index (χ1v) is 10.2. The van der Waals surface area contributed by atoms with Crippen LogP contribution in [0.2, 0.25) is 0 Å². The SMILES string of the molecule is CC(C)(C)OC(=O)NC(CCc1cnc(-c2ccccc2)[nH]c1=O)C(=O)OC(C)(C)C. The van der Waals surface area contributed by atoms with E-state index in [1.165, 1.54) is 6.20 Å². The fourth-order valence-corrected chi connectivity index (χ4v) is 2.71. The van der Waals surface area contributed by atoms with Crippen molar-refractivity contribution in [3.8, 4) is 11.4 Å². The number of rotatable bonds is 6. The summed E-state index contributed by atoms with van der Waals surface area (Å²) in [5.41, 5.74) is -0.532. The second kappa shape index (κ2) is 9.76. The topological polar surface area (TPSA) is 110 Å². The molecule has 0 saturated heterocycles. The summed E-state index contributed by atoms with van der Waals surface area (Å²) in [4.78, 5) is 44.4. The van der Waals surface area contributed by atoms with Crippen molar-refractivity contribution < 1.29 is 19.1 Å². The molecule has 0 spiro atoms. The summed E-state index contributed by atoms with van der Waals surface area (Å²) < 4.78 is 10.7. The number of hydrogen-bond donors (Lipinski definition) is 2. The van der Waals surface area contributed by atoms with Gasteiger partial charge in [-0.25, -0.2) is 14.6 Å². The number of nitrogens with one attached hydrogen (secondary N) is 2. The van der Waals surface area contributed by atoms with E-state index in [1.807, 2.05) is 30.3 Å². The summed E-state index contributed by atoms with van der Waals surface area (Å²) >= 11 is 0. The van der Waals surface area contributed by atoms with Crippen LogP contribution in [0.15, 0.2) is 41.3 Å². The number of aryl methyl sites for hydroxylation is 1. The number of hydrogen-bond acceptors (Lipinski definition) is 6. The second-order valence-corrected chi connectivity index (χ2v) is 9.22. The Bertz CT molecular complexity index is 956.